The van der Waals surface area contributed by atoms with E-state index in [2.05, 4.69) is 0 Å². The van der Waals surface area contributed by atoms with Crippen molar-refractivity contribution < 1.29 is 4.79 Å². The van der Waals surface area contributed by atoms with Crippen LogP contribution in [0.5, 0.6) is 0 Å². The summed E-state index contributed by atoms with van der Waals surface area (Å²) in [6.07, 6.45) is 3.10. The third-order valence-corrected chi connectivity index (χ3v) is 2.50. The number of primary amides is 1. The molecule has 14 heavy (non-hydrogen) atoms. The van der Waals surface area contributed by atoms with Gasteiger partial charge in [-0.25, -0.2) is 0 Å². The minimum absolute atomic E-state index is 0.0780. The quantitative estimate of drug-likeness (QED) is 0.684. The lowest BCUT2D eigenvalue weighted by atomic mass is 9.95. The third kappa shape index (κ3) is 7.09. The van der Waals surface area contributed by atoms with Crippen LogP contribution >= 0.6 is 24.4 Å². The highest BCUT2D eigenvalue weighted by molar-refractivity contribution is 7.80. The van der Waals surface area contributed by atoms with Gasteiger partial charge in [0.1, 0.15) is 0 Å². The normalized spacial score (nSPS) is 10.2. The second kappa shape index (κ2) is 7.01. The van der Waals surface area contributed by atoms with Gasteiger partial charge in [-0.1, -0.05) is 24.4 Å². The largest absolute Gasteiger partial charge is 0.369 e. The van der Waals surface area contributed by atoms with Crippen molar-refractivity contribution in [1.82, 2.24) is 0 Å². The lowest BCUT2D eigenvalue weighted by Gasteiger charge is -2.11. The molecule has 0 rings (SSSR count). The number of rotatable bonds is 7. The topological polar surface area (TPSA) is 43.1 Å². The SMILES string of the molecule is CC(=S)CCC(CCC(C)=S)C(N)=O. The summed E-state index contributed by atoms with van der Waals surface area (Å²) in [7, 11) is 0. The van der Waals surface area contributed by atoms with Crippen LogP contribution in [0.3, 0.4) is 0 Å². The minimum atomic E-state index is -0.238. The van der Waals surface area contributed by atoms with Crippen LogP contribution in [0.2, 0.25) is 0 Å². The molecule has 4 heteroatoms. The van der Waals surface area contributed by atoms with Crippen LogP contribution < -0.4 is 5.73 Å². The zero-order chi connectivity index (χ0) is 11.1. The van der Waals surface area contributed by atoms with Crippen molar-refractivity contribution in [2.75, 3.05) is 0 Å². The Labute approximate surface area is 96.2 Å². The van der Waals surface area contributed by atoms with E-state index in [4.69, 9.17) is 30.2 Å². The van der Waals surface area contributed by atoms with E-state index in [0.29, 0.717) is 0 Å². The molecule has 2 N–H and O–H groups in total. The van der Waals surface area contributed by atoms with Crippen molar-refractivity contribution in [2.45, 2.75) is 39.5 Å². The Hall–Kier alpha value is -0.350. The molecule has 0 fully saturated rings. The maximum atomic E-state index is 11.1. The van der Waals surface area contributed by atoms with E-state index in [9.17, 15) is 4.79 Å². The van der Waals surface area contributed by atoms with Gasteiger partial charge in [-0.15, -0.1) is 0 Å². The molecule has 0 saturated carbocycles. The molecule has 0 heterocycles. The average molecular weight is 231 g/mol. The number of thiocarbonyl (C=S) groups is 2. The standard InChI is InChI=1S/C10H17NOS2/c1-7(13)3-5-9(10(11)12)6-4-8(2)14/h9H,3-6H2,1-2H3,(H2,11,12). The zero-order valence-electron chi connectivity index (χ0n) is 8.71. The Kier molecular flexibility index (Phi) is 6.83. The average Bonchev–Trinajstić information content (AvgIpc) is 2.02. The maximum Gasteiger partial charge on any atom is 0.220 e. The summed E-state index contributed by atoms with van der Waals surface area (Å²) < 4.78 is 0. The molecule has 0 aromatic carbocycles. The van der Waals surface area contributed by atoms with Crippen LogP contribution in [0.4, 0.5) is 0 Å². The van der Waals surface area contributed by atoms with E-state index in [1.807, 2.05) is 13.8 Å². The first-order chi connectivity index (χ1) is 6.43. The lowest BCUT2D eigenvalue weighted by molar-refractivity contribution is -0.122. The van der Waals surface area contributed by atoms with Crippen LogP contribution in [-0.2, 0) is 4.79 Å². The lowest BCUT2D eigenvalue weighted by Crippen LogP contribution is -2.24. The molecule has 0 spiro atoms. The first-order valence-electron chi connectivity index (χ1n) is 4.71. The monoisotopic (exact) mass is 231 g/mol. The van der Waals surface area contributed by atoms with E-state index >= 15 is 0 Å². The predicted molar refractivity (Wildman–Crippen MR) is 67.7 cm³/mol. The van der Waals surface area contributed by atoms with Gasteiger partial charge in [-0.05, 0) is 49.3 Å². The fraction of sp³-hybridized carbons (Fsp3) is 0.700. The van der Waals surface area contributed by atoms with E-state index in [1.165, 1.54) is 0 Å². The van der Waals surface area contributed by atoms with Crippen molar-refractivity contribution in [1.29, 1.82) is 0 Å². The van der Waals surface area contributed by atoms with Crippen molar-refractivity contribution >= 4 is 40.1 Å². The fourth-order valence-corrected chi connectivity index (χ4v) is 1.42. The Balaban J connectivity index is 3.96. The summed E-state index contributed by atoms with van der Waals surface area (Å²) in [5, 5.41) is 0. The van der Waals surface area contributed by atoms with E-state index in [1.54, 1.807) is 0 Å². The number of nitrogens with two attached hydrogens (primary N) is 1. The van der Waals surface area contributed by atoms with Crippen LogP contribution in [0.1, 0.15) is 39.5 Å². The van der Waals surface area contributed by atoms with Crippen molar-refractivity contribution in [3.8, 4) is 0 Å². The number of hydrogen-bond acceptors (Lipinski definition) is 3. The smallest absolute Gasteiger partial charge is 0.220 e. The first-order valence-corrected chi connectivity index (χ1v) is 5.53. The second-order valence-electron chi connectivity index (χ2n) is 3.58. The molecule has 0 aromatic heterocycles. The van der Waals surface area contributed by atoms with Gasteiger partial charge in [0.2, 0.25) is 5.91 Å². The Morgan fingerprint density at radius 3 is 1.71 bits per heavy atom. The molecular formula is C10H17NOS2. The summed E-state index contributed by atoms with van der Waals surface area (Å²) in [6, 6.07) is 0. The molecule has 0 aliphatic carbocycles. The van der Waals surface area contributed by atoms with Gasteiger partial charge in [0, 0.05) is 5.92 Å². The molecule has 0 aliphatic rings. The third-order valence-electron chi connectivity index (χ3n) is 2.09. The number of hydrogen-bond donors (Lipinski definition) is 1. The number of carbonyl (C=O) groups excluding carboxylic acids is 1. The van der Waals surface area contributed by atoms with Gasteiger partial charge in [0.05, 0.1) is 0 Å². The number of amides is 1. The van der Waals surface area contributed by atoms with Gasteiger partial charge >= 0.3 is 0 Å². The minimum Gasteiger partial charge on any atom is -0.369 e. The van der Waals surface area contributed by atoms with Gasteiger partial charge in [0.25, 0.3) is 0 Å². The van der Waals surface area contributed by atoms with Crippen molar-refractivity contribution in [3.63, 3.8) is 0 Å². The zero-order valence-corrected chi connectivity index (χ0v) is 10.3. The van der Waals surface area contributed by atoms with Gasteiger partial charge in [0.15, 0.2) is 0 Å². The molecule has 0 aliphatic heterocycles. The molecule has 0 saturated heterocycles. The fourth-order valence-electron chi connectivity index (χ4n) is 1.18. The van der Waals surface area contributed by atoms with Gasteiger partial charge in [-0.3, -0.25) is 4.79 Å². The maximum absolute atomic E-state index is 11.1. The molecule has 0 radical (unpaired) electrons. The molecule has 0 aromatic rings. The second-order valence-corrected chi connectivity index (χ2v) is 4.97. The first kappa shape index (κ1) is 13.7. The number of carbonyl (C=O) groups is 1. The summed E-state index contributed by atoms with van der Waals surface area (Å²) in [5.41, 5.74) is 5.28. The molecule has 1 amide bonds. The molecule has 0 atom stereocenters. The predicted octanol–water partition coefficient (Wildman–Crippen LogP) is 2.43. The highest BCUT2D eigenvalue weighted by Gasteiger charge is 2.14. The Morgan fingerprint density at radius 2 is 1.50 bits per heavy atom. The van der Waals surface area contributed by atoms with Crippen LogP contribution in [0.15, 0.2) is 0 Å². The molecule has 2 nitrogen and oxygen atoms in total. The highest BCUT2D eigenvalue weighted by Crippen LogP contribution is 2.14. The molecular weight excluding hydrogens is 214 g/mol. The summed E-state index contributed by atoms with van der Waals surface area (Å²) in [4.78, 5) is 12.9. The van der Waals surface area contributed by atoms with Crippen LogP contribution in [0, 0.1) is 5.92 Å². The molecule has 0 unspecified atom stereocenters. The van der Waals surface area contributed by atoms with E-state index < -0.39 is 0 Å². The molecule has 80 valence electrons. The van der Waals surface area contributed by atoms with Crippen LogP contribution in [-0.4, -0.2) is 15.6 Å². The Bertz CT molecular complexity index is 220. The Morgan fingerprint density at radius 1 is 1.14 bits per heavy atom. The van der Waals surface area contributed by atoms with Crippen LogP contribution in [0.25, 0.3) is 0 Å². The van der Waals surface area contributed by atoms with Crippen molar-refractivity contribution in [3.05, 3.63) is 0 Å². The summed E-state index contributed by atoms with van der Waals surface area (Å²) >= 11 is 9.92. The van der Waals surface area contributed by atoms with Crippen molar-refractivity contribution in [2.24, 2.45) is 11.7 Å². The molecule has 0 bridgehead atoms. The van der Waals surface area contributed by atoms with E-state index in [0.717, 1.165) is 35.4 Å². The summed E-state index contributed by atoms with van der Waals surface area (Å²) in [6.45, 7) is 3.77. The summed E-state index contributed by atoms with van der Waals surface area (Å²) in [5.74, 6) is -0.316. The van der Waals surface area contributed by atoms with E-state index in [-0.39, 0.29) is 11.8 Å². The van der Waals surface area contributed by atoms with Gasteiger partial charge in [-0.2, -0.15) is 0 Å². The highest BCUT2D eigenvalue weighted by atomic mass is 32.1. The van der Waals surface area contributed by atoms with Gasteiger partial charge < -0.3 is 5.73 Å².